The summed E-state index contributed by atoms with van der Waals surface area (Å²) in [6.07, 6.45) is 24.1. The van der Waals surface area contributed by atoms with Crippen LogP contribution in [-0.2, 0) is 0 Å². The summed E-state index contributed by atoms with van der Waals surface area (Å²) >= 11 is 0. The van der Waals surface area contributed by atoms with E-state index in [2.05, 4.69) is 70.0 Å². The second-order valence-electron chi connectivity index (χ2n) is 7.52. The van der Waals surface area contributed by atoms with E-state index < -0.39 is 0 Å². The maximum absolute atomic E-state index is 4.91. The molecule has 1 unspecified atom stereocenters. The molecule has 3 atom stereocenters. The number of aliphatic imine (C=N–C) groups is 1. The molecule has 1 aliphatic carbocycles. The lowest BCUT2D eigenvalue weighted by Gasteiger charge is -2.34. The van der Waals surface area contributed by atoms with E-state index in [1.54, 1.807) is 0 Å². The summed E-state index contributed by atoms with van der Waals surface area (Å²) < 4.78 is 0. The normalized spacial score (nSPS) is 31.0. The second-order valence-corrected chi connectivity index (χ2v) is 7.52. The molecule has 0 saturated carbocycles. The summed E-state index contributed by atoms with van der Waals surface area (Å²) in [5.74, 6) is 1.10. The van der Waals surface area contributed by atoms with Crippen LogP contribution in [0.4, 0.5) is 0 Å². The Bertz CT molecular complexity index is 654. The maximum Gasteiger partial charge on any atom is 0.0466 e. The summed E-state index contributed by atoms with van der Waals surface area (Å²) in [7, 11) is 0. The van der Waals surface area contributed by atoms with Gasteiger partial charge < -0.3 is 0 Å². The average molecular weight is 336 g/mol. The van der Waals surface area contributed by atoms with Gasteiger partial charge in [-0.3, -0.25) is 4.99 Å². The average Bonchev–Trinajstić information content (AvgIpc) is 2.70. The molecule has 0 aromatic rings. The van der Waals surface area contributed by atoms with Crippen molar-refractivity contribution >= 4 is 6.21 Å². The molecule has 0 fully saturated rings. The highest BCUT2D eigenvalue weighted by molar-refractivity contribution is 5.81. The molecular weight excluding hydrogens is 302 g/mol. The van der Waals surface area contributed by atoms with Crippen LogP contribution in [-0.4, -0.2) is 6.21 Å². The SMILES string of the molecule is C=C(/C=C\C=C/C)CC1=CC(CC)[C@@]2(C)/C=C\[C@@H](C)CCC=C2N=C1. The molecule has 1 nitrogen and oxygen atoms in total. The van der Waals surface area contributed by atoms with E-state index >= 15 is 0 Å². The van der Waals surface area contributed by atoms with Crippen LogP contribution in [0, 0.1) is 17.3 Å². The zero-order valence-electron chi connectivity index (χ0n) is 16.3. The molecule has 0 aromatic carbocycles. The van der Waals surface area contributed by atoms with Gasteiger partial charge in [0.05, 0.1) is 0 Å². The molecule has 2 aliphatic rings. The van der Waals surface area contributed by atoms with Gasteiger partial charge in [0.1, 0.15) is 0 Å². The van der Waals surface area contributed by atoms with Crippen molar-refractivity contribution in [3.63, 3.8) is 0 Å². The zero-order valence-corrected chi connectivity index (χ0v) is 16.3. The van der Waals surface area contributed by atoms with Crippen LogP contribution in [0.15, 0.2) is 77.0 Å². The standard InChI is InChI=1S/C24H33N/c1-6-8-9-11-20(4)16-21-17-22(7-2)24(5)15-14-19(3)12-10-13-23(24)25-18-21/h6,8-9,11,13-15,17-19,22H,4,7,10,12,16H2,1-3,5H3/b8-6-,11-9-,15-14-,23-13?/t19-,22?,24+/m0/s1. The molecule has 1 heterocycles. The molecule has 0 radical (unpaired) electrons. The molecule has 1 aliphatic heterocycles. The number of hydrogen-bond acceptors (Lipinski definition) is 1. The molecule has 0 aromatic heterocycles. The number of hydrogen-bond donors (Lipinski definition) is 0. The minimum atomic E-state index is -0.0101. The first-order chi connectivity index (χ1) is 12.0. The lowest BCUT2D eigenvalue weighted by atomic mass is 9.71. The molecule has 0 spiro atoms. The van der Waals surface area contributed by atoms with Crippen molar-refractivity contribution in [1.82, 2.24) is 0 Å². The van der Waals surface area contributed by atoms with Crippen LogP contribution < -0.4 is 0 Å². The number of allylic oxidation sites excluding steroid dienone is 10. The number of nitrogens with zero attached hydrogens (tertiary/aromatic N) is 1. The Labute approximate surface area is 154 Å². The minimum Gasteiger partial charge on any atom is -0.260 e. The lowest BCUT2D eigenvalue weighted by Crippen LogP contribution is -2.26. The van der Waals surface area contributed by atoms with Gasteiger partial charge in [-0.15, -0.1) is 0 Å². The summed E-state index contributed by atoms with van der Waals surface area (Å²) in [6.45, 7) is 13.2. The second kappa shape index (κ2) is 8.99. The Hall–Kier alpha value is -1.89. The van der Waals surface area contributed by atoms with Gasteiger partial charge in [0, 0.05) is 17.3 Å². The number of fused-ring (bicyclic) bond motifs is 1. The van der Waals surface area contributed by atoms with Crippen molar-refractivity contribution in [3.8, 4) is 0 Å². The Morgan fingerprint density at radius 2 is 2.20 bits per heavy atom. The molecule has 1 heteroatoms. The third-order valence-corrected chi connectivity index (χ3v) is 5.34. The molecular formula is C24H33N. The van der Waals surface area contributed by atoms with Gasteiger partial charge in [-0.05, 0) is 56.9 Å². The fraction of sp³-hybridized carbons (Fsp3) is 0.458. The molecule has 0 bridgehead atoms. The van der Waals surface area contributed by atoms with Gasteiger partial charge in [0.15, 0.2) is 0 Å². The van der Waals surface area contributed by atoms with E-state index in [0.29, 0.717) is 11.8 Å². The van der Waals surface area contributed by atoms with Crippen molar-refractivity contribution in [3.05, 3.63) is 72.0 Å². The molecule has 0 N–H and O–H groups in total. The number of rotatable bonds is 5. The van der Waals surface area contributed by atoms with Crippen LogP contribution >= 0.6 is 0 Å². The first-order valence-corrected chi connectivity index (χ1v) is 9.61. The smallest absolute Gasteiger partial charge is 0.0466 e. The fourth-order valence-electron chi connectivity index (χ4n) is 3.65. The van der Waals surface area contributed by atoms with Crippen LogP contribution in [0.25, 0.3) is 0 Å². The van der Waals surface area contributed by atoms with Gasteiger partial charge in [0.25, 0.3) is 0 Å². The first kappa shape index (κ1) is 19.4. The van der Waals surface area contributed by atoms with E-state index in [9.17, 15) is 0 Å². The van der Waals surface area contributed by atoms with Gasteiger partial charge in [-0.2, -0.15) is 0 Å². The van der Waals surface area contributed by atoms with E-state index in [-0.39, 0.29) is 5.41 Å². The third-order valence-electron chi connectivity index (χ3n) is 5.34. The van der Waals surface area contributed by atoms with Gasteiger partial charge in [0.2, 0.25) is 0 Å². The molecule has 0 saturated heterocycles. The predicted octanol–water partition coefficient (Wildman–Crippen LogP) is 6.98. The summed E-state index contributed by atoms with van der Waals surface area (Å²) in [4.78, 5) is 4.91. The Kier molecular flexibility index (Phi) is 6.99. The van der Waals surface area contributed by atoms with Crippen molar-refractivity contribution < 1.29 is 0 Å². The Balaban J connectivity index is 2.31. The van der Waals surface area contributed by atoms with Crippen LogP contribution in [0.1, 0.15) is 53.4 Å². The van der Waals surface area contributed by atoms with Crippen molar-refractivity contribution in [2.24, 2.45) is 22.2 Å². The monoisotopic (exact) mass is 335 g/mol. The van der Waals surface area contributed by atoms with E-state index in [1.165, 1.54) is 17.7 Å². The highest BCUT2D eigenvalue weighted by atomic mass is 14.8. The van der Waals surface area contributed by atoms with Gasteiger partial charge in [-0.1, -0.05) is 74.6 Å². The highest BCUT2D eigenvalue weighted by Gasteiger charge is 2.35. The van der Waals surface area contributed by atoms with Crippen LogP contribution in [0.3, 0.4) is 0 Å². The molecule has 134 valence electrons. The highest BCUT2D eigenvalue weighted by Crippen LogP contribution is 2.44. The van der Waals surface area contributed by atoms with Crippen LogP contribution in [0.5, 0.6) is 0 Å². The maximum atomic E-state index is 4.91. The van der Waals surface area contributed by atoms with Gasteiger partial charge >= 0.3 is 0 Å². The van der Waals surface area contributed by atoms with Crippen molar-refractivity contribution in [2.75, 3.05) is 0 Å². The van der Waals surface area contributed by atoms with E-state index in [4.69, 9.17) is 4.99 Å². The third kappa shape index (κ3) is 5.04. The fourth-order valence-corrected chi connectivity index (χ4v) is 3.65. The molecule has 0 amide bonds. The summed E-state index contributed by atoms with van der Waals surface area (Å²) in [6, 6.07) is 0. The summed E-state index contributed by atoms with van der Waals surface area (Å²) in [5, 5.41) is 0. The summed E-state index contributed by atoms with van der Waals surface area (Å²) in [5.41, 5.74) is 3.61. The predicted molar refractivity (Wildman–Crippen MR) is 112 cm³/mol. The lowest BCUT2D eigenvalue weighted by molar-refractivity contribution is 0.351. The quantitative estimate of drug-likeness (QED) is 0.379. The Morgan fingerprint density at radius 3 is 2.92 bits per heavy atom. The van der Waals surface area contributed by atoms with Crippen molar-refractivity contribution in [2.45, 2.75) is 53.4 Å². The van der Waals surface area contributed by atoms with Crippen molar-refractivity contribution in [1.29, 1.82) is 0 Å². The first-order valence-electron chi connectivity index (χ1n) is 9.61. The molecule has 25 heavy (non-hydrogen) atoms. The minimum absolute atomic E-state index is 0.0101. The van der Waals surface area contributed by atoms with Gasteiger partial charge in [-0.25, -0.2) is 0 Å². The van der Waals surface area contributed by atoms with E-state index in [1.807, 2.05) is 19.1 Å². The van der Waals surface area contributed by atoms with Crippen LogP contribution in [0.2, 0.25) is 0 Å². The topological polar surface area (TPSA) is 12.4 Å². The largest absolute Gasteiger partial charge is 0.260 e. The zero-order chi connectivity index (χ0) is 18.3. The Morgan fingerprint density at radius 1 is 1.40 bits per heavy atom. The van der Waals surface area contributed by atoms with E-state index in [0.717, 1.165) is 24.8 Å². The molecule has 2 rings (SSSR count).